The van der Waals surface area contributed by atoms with Gasteiger partial charge in [0.25, 0.3) is 0 Å². The molecule has 1 aliphatic heterocycles. The number of benzene rings is 1. The monoisotopic (exact) mass is 542 g/mol. The fourth-order valence-corrected chi connectivity index (χ4v) is 5.75. The van der Waals surface area contributed by atoms with Gasteiger partial charge in [-0.05, 0) is 42.5 Å². The van der Waals surface area contributed by atoms with Gasteiger partial charge < -0.3 is 35.0 Å². The number of amides is 2. The van der Waals surface area contributed by atoms with Crippen LogP contribution in [0.25, 0.3) is 0 Å². The summed E-state index contributed by atoms with van der Waals surface area (Å²) in [4.78, 5) is 27.0. The molecule has 4 N–H and O–H groups in total. The lowest BCUT2D eigenvalue weighted by Crippen LogP contribution is -2.57. The molecule has 1 aromatic rings. The van der Waals surface area contributed by atoms with E-state index < -0.39 is 48.7 Å². The number of alkyl halides is 3. The van der Waals surface area contributed by atoms with Gasteiger partial charge in [0.2, 0.25) is 11.8 Å². The van der Waals surface area contributed by atoms with Gasteiger partial charge in [0.15, 0.2) is 11.5 Å². The van der Waals surface area contributed by atoms with Gasteiger partial charge in [0, 0.05) is 24.1 Å². The molecule has 0 aromatic heterocycles. The molecule has 38 heavy (non-hydrogen) atoms. The lowest BCUT2D eigenvalue weighted by atomic mass is 9.77. The second-order valence-corrected chi connectivity index (χ2v) is 10.0. The summed E-state index contributed by atoms with van der Waals surface area (Å²) in [6.45, 7) is -2.42. The number of rotatable bonds is 9. The molecule has 9 nitrogen and oxygen atoms in total. The third-order valence-corrected chi connectivity index (χ3v) is 7.46. The topological polar surface area (TPSA) is 129 Å². The number of methoxy groups -OCH3 is 1. The molecule has 0 spiro atoms. The third-order valence-electron chi connectivity index (χ3n) is 7.46. The normalized spacial score (nSPS) is 24.8. The van der Waals surface area contributed by atoms with E-state index in [0.29, 0.717) is 16.0 Å². The molecule has 1 aromatic carbocycles. The van der Waals surface area contributed by atoms with E-state index in [1.807, 2.05) is 0 Å². The SMILES string of the molecule is COc1cc(CO)cc2c1O[C@@H]1[C@@H](O)[C@H](N(CC(F)(F)F)C(=O)CC3CCCC3)C=C(C(=O)NCCO)[C@H]21. The maximum absolute atomic E-state index is 13.7. The maximum atomic E-state index is 13.7. The van der Waals surface area contributed by atoms with Gasteiger partial charge in [-0.3, -0.25) is 9.59 Å². The van der Waals surface area contributed by atoms with E-state index >= 15 is 0 Å². The zero-order valence-corrected chi connectivity index (χ0v) is 21.0. The van der Waals surface area contributed by atoms with Gasteiger partial charge in [-0.1, -0.05) is 12.8 Å². The first-order valence-electron chi connectivity index (χ1n) is 12.7. The number of carbonyl (C=O) groups excluding carboxylic acids is 2. The average Bonchev–Trinajstić information content (AvgIpc) is 3.53. The Kier molecular flexibility index (Phi) is 8.53. The number of nitrogens with zero attached hydrogens (tertiary/aromatic N) is 1. The molecule has 2 aliphatic carbocycles. The molecule has 210 valence electrons. The standard InChI is InChI=1S/C26H33F3N2O7/c1-37-19-9-15(12-33)8-16-21-17(25(36)30-6-7-32)11-18(22(35)24(21)38-23(16)19)31(13-26(27,28)29)20(34)10-14-4-2-3-5-14/h8-9,11,14,18,21-22,24,32-33,35H,2-7,10,12-13H2,1H3,(H,30,36)/t18-,21+,22+,24+/m1/s1. The first-order chi connectivity index (χ1) is 18.1. The van der Waals surface area contributed by atoms with E-state index in [-0.39, 0.29) is 49.2 Å². The zero-order chi connectivity index (χ0) is 27.6. The van der Waals surface area contributed by atoms with Crippen LogP contribution >= 0.6 is 0 Å². The maximum Gasteiger partial charge on any atom is 0.406 e. The summed E-state index contributed by atoms with van der Waals surface area (Å²) in [7, 11) is 1.37. The molecule has 1 fully saturated rings. The Morgan fingerprint density at radius 1 is 1.21 bits per heavy atom. The number of aliphatic hydroxyl groups is 3. The molecular weight excluding hydrogens is 509 g/mol. The Hall–Kier alpha value is -2.83. The van der Waals surface area contributed by atoms with Crippen molar-refractivity contribution in [3.63, 3.8) is 0 Å². The molecule has 4 atom stereocenters. The predicted molar refractivity (Wildman–Crippen MR) is 128 cm³/mol. The van der Waals surface area contributed by atoms with Crippen molar-refractivity contribution >= 4 is 11.8 Å². The van der Waals surface area contributed by atoms with E-state index in [0.717, 1.165) is 25.7 Å². The van der Waals surface area contributed by atoms with Crippen LogP contribution in [0.4, 0.5) is 13.2 Å². The van der Waals surface area contributed by atoms with Crippen molar-refractivity contribution in [1.29, 1.82) is 0 Å². The number of carbonyl (C=O) groups is 2. The van der Waals surface area contributed by atoms with Crippen LogP contribution in [-0.2, 0) is 16.2 Å². The van der Waals surface area contributed by atoms with Crippen LogP contribution in [-0.4, -0.2) is 83.3 Å². The number of hydrogen-bond donors (Lipinski definition) is 4. The lowest BCUT2D eigenvalue weighted by molar-refractivity contribution is -0.170. The molecule has 4 rings (SSSR count). The van der Waals surface area contributed by atoms with Gasteiger partial charge in [0.05, 0.1) is 32.3 Å². The highest BCUT2D eigenvalue weighted by atomic mass is 19.4. The fourth-order valence-electron chi connectivity index (χ4n) is 5.75. The molecule has 1 saturated carbocycles. The minimum absolute atomic E-state index is 0.00418. The summed E-state index contributed by atoms with van der Waals surface area (Å²) in [6, 6.07) is 1.62. The minimum Gasteiger partial charge on any atom is -0.493 e. The summed E-state index contributed by atoms with van der Waals surface area (Å²) in [5.74, 6) is -1.95. The molecule has 0 radical (unpaired) electrons. The minimum atomic E-state index is -4.74. The summed E-state index contributed by atoms with van der Waals surface area (Å²) < 4.78 is 52.4. The van der Waals surface area contributed by atoms with Crippen LogP contribution in [0.5, 0.6) is 11.5 Å². The van der Waals surface area contributed by atoms with Gasteiger partial charge in [-0.2, -0.15) is 13.2 Å². The van der Waals surface area contributed by atoms with Gasteiger partial charge in [-0.15, -0.1) is 0 Å². The summed E-state index contributed by atoms with van der Waals surface area (Å²) >= 11 is 0. The van der Waals surface area contributed by atoms with E-state index in [9.17, 15) is 38.1 Å². The van der Waals surface area contributed by atoms with Gasteiger partial charge in [-0.25, -0.2) is 0 Å². The van der Waals surface area contributed by atoms with Crippen molar-refractivity contribution in [2.45, 2.75) is 69.1 Å². The highest BCUT2D eigenvalue weighted by Crippen LogP contribution is 2.51. The molecule has 0 unspecified atom stereocenters. The molecule has 0 bridgehead atoms. The number of halogens is 3. The molecular formula is C26H33F3N2O7. The second kappa shape index (κ2) is 11.5. The third kappa shape index (κ3) is 5.76. The number of nitrogens with one attached hydrogen (secondary N) is 1. The molecule has 12 heteroatoms. The zero-order valence-electron chi connectivity index (χ0n) is 21.0. The molecule has 0 saturated heterocycles. The predicted octanol–water partition coefficient (Wildman–Crippen LogP) is 1.78. The molecule has 2 amide bonds. The van der Waals surface area contributed by atoms with Crippen molar-refractivity contribution in [3.05, 3.63) is 34.9 Å². The Morgan fingerprint density at radius 2 is 1.92 bits per heavy atom. The highest BCUT2D eigenvalue weighted by Gasteiger charge is 2.52. The summed E-state index contributed by atoms with van der Waals surface area (Å²) in [6.07, 6.45) is -3.10. The Labute approximate surface area is 218 Å². The Morgan fingerprint density at radius 3 is 2.53 bits per heavy atom. The Bertz CT molecular complexity index is 1070. The number of ether oxygens (including phenoxy) is 2. The highest BCUT2D eigenvalue weighted by molar-refractivity contribution is 5.96. The molecule has 3 aliphatic rings. The van der Waals surface area contributed by atoms with Crippen LogP contribution in [0.3, 0.4) is 0 Å². The number of hydrogen-bond acceptors (Lipinski definition) is 7. The van der Waals surface area contributed by atoms with Crippen molar-refractivity contribution in [1.82, 2.24) is 10.2 Å². The van der Waals surface area contributed by atoms with Crippen molar-refractivity contribution in [2.24, 2.45) is 5.92 Å². The molecule has 1 heterocycles. The first kappa shape index (κ1) is 28.2. The van der Waals surface area contributed by atoms with Crippen LogP contribution in [0.2, 0.25) is 0 Å². The average molecular weight is 543 g/mol. The van der Waals surface area contributed by atoms with Gasteiger partial charge >= 0.3 is 6.18 Å². The summed E-state index contributed by atoms with van der Waals surface area (Å²) in [5.41, 5.74) is 0.860. The second-order valence-electron chi connectivity index (χ2n) is 10.0. The van der Waals surface area contributed by atoms with Crippen LogP contribution in [0, 0.1) is 5.92 Å². The van der Waals surface area contributed by atoms with E-state index in [1.165, 1.54) is 19.3 Å². The quantitative estimate of drug-likeness (QED) is 0.375. The van der Waals surface area contributed by atoms with Crippen molar-refractivity contribution in [2.75, 3.05) is 26.8 Å². The van der Waals surface area contributed by atoms with Crippen LogP contribution < -0.4 is 14.8 Å². The fraction of sp³-hybridized carbons (Fsp3) is 0.615. The van der Waals surface area contributed by atoms with Gasteiger partial charge in [0.1, 0.15) is 18.8 Å². The summed E-state index contributed by atoms with van der Waals surface area (Å²) in [5, 5.41) is 32.8. The largest absolute Gasteiger partial charge is 0.493 e. The van der Waals surface area contributed by atoms with E-state index in [1.54, 1.807) is 6.07 Å². The van der Waals surface area contributed by atoms with E-state index in [4.69, 9.17) is 9.47 Å². The van der Waals surface area contributed by atoms with Crippen LogP contribution in [0.15, 0.2) is 23.8 Å². The van der Waals surface area contributed by atoms with Crippen molar-refractivity contribution in [3.8, 4) is 11.5 Å². The Balaban J connectivity index is 1.77. The van der Waals surface area contributed by atoms with Crippen LogP contribution in [0.1, 0.15) is 49.1 Å². The number of aliphatic hydroxyl groups excluding tert-OH is 3. The first-order valence-corrected chi connectivity index (χ1v) is 12.7. The lowest BCUT2D eigenvalue weighted by Gasteiger charge is -2.41. The number of fused-ring (bicyclic) bond motifs is 3. The van der Waals surface area contributed by atoms with Crippen molar-refractivity contribution < 1.29 is 47.6 Å². The van der Waals surface area contributed by atoms with E-state index in [2.05, 4.69) is 5.32 Å². The smallest absolute Gasteiger partial charge is 0.406 e.